The van der Waals surface area contributed by atoms with Crippen LogP contribution in [0, 0.1) is 6.92 Å². The second kappa shape index (κ2) is 8.56. The summed E-state index contributed by atoms with van der Waals surface area (Å²) < 4.78 is 5.55. The van der Waals surface area contributed by atoms with Crippen LogP contribution >= 0.6 is 11.6 Å². The van der Waals surface area contributed by atoms with Crippen molar-refractivity contribution in [2.45, 2.75) is 13.8 Å². The van der Waals surface area contributed by atoms with Crippen LogP contribution in [0.5, 0.6) is 5.75 Å². The number of carbonyl (C=O) groups excluding carboxylic acids is 1. The molecule has 3 rings (SSSR count). The molecule has 2 aromatic carbocycles. The predicted molar refractivity (Wildman–Crippen MR) is 109 cm³/mol. The van der Waals surface area contributed by atoms with Gasteiger partial charge in [-0.05, 0) is 49.7 Å². The molecule has 0 bridgehead atoms. The lowest BCUT2D eigenvalue weighted by atomic mass is 10.2. The summed E-state index contributed by atoms with van der Waals surface area (Å²) in [5, 5.41) is 6.80. The van der Waals surface area contributed by atoms with Gasteiger partial charge in [0, 0.05) is 16.9 Å². The minimum atomic E-state index is -0.263. The quantitative estimate of drug-likeness (QED) is 0.597. The maximum Gasteiger partial charge on any atom is 0.257 e. The number of ether oxygens (including phenoxy) is 1. The van der Waals surface area contributed by atoms with E-state index in [9.17, 15) is 4.79 Å². The van der Waals surface area contributed by atoms with Crippen molar-refractivity contribution < 1.29 is 9.53 Å². The van der Waals surface area contributed by atoms with Crippen LogP contribution in [-0.4, -0.2) is 17.5 Å². The van der Waals surface area contributed by atoms with Crippen molar-refractivity contribution in [3.63, 3.8) is 0 Å². The zero-order valence-electron chi connectivity index (χ0n) is 15.1. The highest BCUT2D eigenvalue weighted by Gasteiger charge is 2.11. The molecule has 0 spiro atoms. The predicted octanol–water partition coefficient (Wildman–Crippen LogP) is 5.44. The van der Waals surface area contributed by atoms with Gasteiger partial charge >= 0.3 is 0 Å². The molecule has 1 aromatic heterocycles. The molecule has 0 aliphatic heterocycles. The molecule has 0 aliphatic carbocycles. The highest BCUT2D eigenvalue weighted by molar-refractivity contribution is 6.31. The van der Waals surface area contributed by atoms with Gasteiger partial charge in [0.25, 0.3) is 5.91 Å². The van der Waals surface area contributed by atoms with Crippen molar-refractivity contribution in [2.75, 3.05) is 17.2 Å². The highest BCUT2D eigenvalue weighted by atomic mass is 35.5. The average Bonchev–Trinajstić information content (AvgIpc) is 2.67. The monoisotopic (exact) mass is 381 g/mol. The van der Waals surface area contributed by atoms with Crippen molar-refractivity contribution in [1.82, 2.24) is 4.98 Å². The van der Waals surface area contributed by atoms with Gasteiger partial charge in [-0.1, -0.05) is 29.8 Å². The summed E-state index contributed by atoms with van der Waals surface area (Å²) in [6, 6.07) is 14.7. The Morgan fingerprint density at radius 2 is 1.89 bits per heavy atom. The minimum absolute atomic E-state index is 0.263. The fourth-order valence-corrected chi connectivity index (χ4v) is 2.75. The molecule has 0 aliphatic rings. The van der Waals surface area contributed by atoms with Crippen molar-refractivity contribution in [3.05, 3.63) is 77.1 Å². The maximum absolute atomic E-state index is 12.6. The van der Waals surface area contributed by atoms with Crippen molar-refractivity contribution >= 4 is 34.6 Å². The Morgan fingerprint density at radius 3 is 2.70 bits per heavy atom. The van der Waals surface area contributed by atoms with Gasteiger partial charge in [-0.25, -0.2) is 0 Å². The molecule has 138 valence electrons. The molecule has 1 amide bonds. The van der Waals surface area contributed by atoms with Gasteiger partial charge in [-0.2, -0.15) is 0 Å². The number of benzene rings is 2. The van der Waals surface area contributed by atoms with Gasteiger partial charge in [0.1, 0.15) is 5.75 Å². The summed E-state index contributed by atoms with van der Waals surface area (Å²) in [5.74, 6) is 0.367. The van der Waals surface area contributed by atoms with Gasteiger partial charge in [-0.3, -0.25) is 9.78 Å². The molecule has 0 saturated heterocycles. The van der Waals surface area contributed by atoms with Crippen LogP contribution < -0.4 is 15.4 Å². The topological polar surface area (TPSA) is 63.2 Å². The zero-order chi connectivity index (χ0) is 19.2. The number of carbonyl (C=O) groups is 1. The van der Waals surface area contributed by atoms with E-state index in [4.69, 9.17) is 16.3 Å². The second-order valence-electron chi connectivity index (χ2n) is 5.88. The fourth-order valence-electron chi connectivity index (χ4n) is 2.58. The number of hydrogen-bond donors (Lipinski definition) is 2. The van der Waals surface area contributed by atoms with Gasteiger partial charge in [0.2, 0.25) is 0 Å². The lowest BCUT2D eigenvalue weighted by molar-refractivity contribution is 0.102. The summed E-state index contributed by atoms with van der Waals surface area (Å²) in [5.41, 5.74) is 3.55. The molecular weight excluding hydrogens is 362 g/mol. The Kier molecular flexibility index (Phi) is 5.94. The third kappa shape index (κ3) is 4.57. The summed E-state index contributed by atoms with van der Waals surface area (Å²) in [4.78, 5) is 16.8. The van der Waals surface area contributed by atoms with E-state index in [2.05, 4.69) is 15.6 Å². The molecule has 6 heteroatoms. The van der Waals surface area contributed by atoms with E-state index in [-0.39, 0.29) is 5.91 Å². The van der Waals surface area contributed by atoms with Crippen molar-refractivity contribution in [1.29, 1.82) is 0 Å². The lowest BCUT2D eigenvalue weighted by Crippen LogP contribution is -2.13. The second-order valence-corrected chi connectivity index (χ2v) is 6.29. The van der Waals surface area contributed by atoms with E-state index < -0.39 is 0 Å². The zero-order valence-corrected chi connectivity index (χ0v) is 15.9. The first kappa shape index (κ1) is 18.7. The van der Waals surface area contributed by atoms with Crippen LogP contribution in [-0.2, 0) is 0 Å². The van der Waals surface area contributed by atoms with Gasteiger partial charge in [-0.15, -0.1) is 0 Å². The first-order valence-corrected chi connectivity index (χ1v) is 8.96. The molecule has 0 fully saturated rings. The Morgan fingerprint density at radius 1 is 1.11 bits per heavy atom. The maximum atomic E-state index is 12.6. The summed E-state index contributed by atoms with van der Waals surface area (Å²) in [7, 11) is 0. The van der Waals surface area contributed by atoms with Gasteiger partial charge in [0.15, 0.2) is 0 Å². The first-order valence-electron chi connectivity index (χ1n) is 8.59. The number of rotatable bonds is 6. The number of nitrogens with one attached hydrogen (secondary N) is 2. The van der Waals surface area contributed by atoms with Crippen LogP contribution in [0.25, 0.3) is 0 Å². The molecule has 1 heterocycles. The minimum Gasteiger partial charge on any atom is -0.492 e. The number of amides is 1. The largest absolute Gasteiger partial charge is 0.492 e. The Balaban J connectivity index is 1.79. The third-order valence-corrected chi connectivity index (χ3v) is 4.39. The summed E-state index contributed by atoms with van der Waals surface area (Å²) in [6.45, 7) is 4.35. The van der Waals surface area contributed by atoms with E-state index in [1.807, 2.05) is 50.2 Å². The van der Waals surface area contributed by atoms with E-state index in [0.717, 1.165) is 11.3 Å². The number of hydrogen-bond acceptors (Lipinski definition) is 4. The number of halogens is 1. The molecule has 3 aromatic rings. The fraction of sp³-hybridized carbons (Fsp3) is 0.143. The Bertz CT molecular complexity index is 960. The molecule has 0 atom stereocenters. The van der Waals surface area contributed by atoms with E-state index in [1.54, 1.807) is 18.3 Å². The van der Waals surface area contributed by atoms with Crippen molar-refractivity contribution in [2.24, 2.45) is 0 Å². The molecule has 0 radical (unpaired) electrons. The van der Waals surface area contributed by atoms with Crippen LogP contribution in [0.3, 0.4) is 0 Å². The van der Waals surface area contributed by atoms with E-state index in [0.29, 0.717) is 34.3 Å². The number of aromatic nitrogens is 1. The van der Waals surface area contributed by atoms with E-state index in [1.165, 1.54) is 6.20 Å². The number of pyridine rings is 1. The van der Waals surface area contributed by atoms with Gasteiger partial charge in [0.05, 0.1) is 29.7 Å². The number of nitrogens with zero attached hydrogens (tertiary/aromatic N) is 1. The third-order valence-electron chi connectivity index (χ3n) is 3.98. The highest BCUT2D eigenvalue weighted by Crippen LogP contribution is 2.27. The van der Waals surface area contributed by atoms with E-state index >= 15 is 0 Å². The molecule has 0 unspecified atom stereocenters. The van der Waals surface area contributed by atoms with Crippen LogP contribution in [0.15, 0.2) is 60.9 Å². The number of para-hydroxylation sites is 2. The molecular formula is C21H20ClN3O2. The Hall–Kier alpha value is -3.05. The summed E-state index contributed by atoms with van der Waals surface area (Å²) >= 11 is 6.16. The Labute approximate surface area is 163 Å². The smallest absolute Gasteiger partial charge is 0.257 e. The summed E-state index contributed by atoms with van der Waals surface area (Å²) in [6.07, 6.45) is 3.18. The molecule has 0 saturated carbocycles. The first-order chi connectivity index (χ1) is 13.1. The normalized spacial score (nSPS) is 10.3. The number of anilines is 3. The van der Waals surface area contributed by atoms with Crippen LogP contribution in [0.4, 0.5) is 17.1 Å². The average molecular weight is 382 g/mol. The van der Waals surface area contributed by atoms with Crippen LogP contribution in [0.1, 0.15) is 22.8 Å². The SMILES string of the molecule is CCOc1ccccc1NC(=O)c1cncc(Nc2cccc(Cl)c2C)c1. The molecule has 5 nitrogen and oxygen atoms in total. The van der Waals surface area contributed by atoms with Gasteiger partial charge < -0.3 is 15.4 Å². The molecule has 2 N–H and O–H groups in total. The van der Waals surface area contributed by atoms with Crippen LogP contribution in [0.2, 0.25) is 5.02 Å². The van der Waals surface area contributed by atoms with Crippen molar-refractivity contribution in [3.8, 4) is 5.75 Å². The standard InChI is InChI=1S/C21H20ClN3O2/c1-3-27-20-10-5-4-8-19(20)25-21(26)15-11-16(13-23-12-15)24-18-9-6-7-17(22)14(18)2/h4-13,24H,3H2,1-2H3,(H,25,26). The lowest BCUT2D eigenvalue weighted by Gasteiger charge is -2.13. The molecule has 27 heavy (non-hydrogen) atoms.